The number of methoxy groups -OCH3 is 1. The van der Waals surface area contributed by atoms with E-state index >= 15 is 0 Å². The van der Waals surface area contributed by atoms with E-state index in [0.29, 0.717) is 5.15 Å². The van der Waals surface area contributed by atoms with Crippen molar-refractivity contribution >= 4 is 34.4 Å². The highest BCUT2D eigenvalue weighted by atomic mass is 35.5. The molecule has 1 aromatic heterocycles. The van der Waals surface area contributed by atoms with Crippen LogP contribution in [0.15, 0.2) is 36.5 Å². The quantitative estimate of drug-likeness (QED) is 0.465. The molecule has 0 fully saturated rings. The number of carbonyl (C=O) groups is 1. The first-order valence-electron chi connectivity index (χ1n) is 5.01. The van der Waals surface area contributed by atoms with Crippen LogP contribution in [-0.4, -0.2) is 18.1 Å². The number of esters is 1. The van der Waals surface area contributed by atoms with Gasteiger partial charge in [-0.05, 0) is 11.5 Å². The number of benzene rings is 1. The van der Waals surface area contributed by atoms with Gasteiger partial charge in [-0.1, -0.05) is 35.9 Å². The zero-order chi connectivity index (χ0) is 12.3. The van der Waals surface area contributed by atoms with Gasteiger partial charge in [0.2, 0.25) is 0 Å². The molecule has 86 valence electrons. The predicted molar refractivity (Wildman–Crippen MR) is 67.8 cm³/mol. The van der Waals surface area contributed by atoms with E-state index in [1.165, 1.54) is 13.2 Å². The Bertz CT molecular complexity index is 593. The second kappa shape index (κ2) is 4.97. The van der Waals surface area contributed by atoms with Gasteiger partial charge in [0.25, 0.3) is 0 Å². The molecule has 2 rings (SSSR count). The fourth-order valence-electron chi connectivity index (χ4n) is 1.54. The van der Waals surface area contributed by atoms with E-state index < -0.39 is 5.97 Å². The Morgan fingerprint density at radius 1 is 1.35 bits per heavy atom. The molecule has 0 N–H and O–H groups in total. The van der Waals surface area contributed by atoms with Crippen molar-refractivity contribution < 1.29 is 9.53 Å². The second-order valence-electron chi connectivity index (χ2n) is 3.41. The van der Waals surface area contributed by atoms with Crippen LogP contribution in [0.2, 0.25) is 5.15 Å². The van der Waals surface area contributed by atoms with Gasteiger partial charge in [-0.15, -0.1) is 0 Å². The Balaban J connectivity index is 2.52. The highest BCUT2D eigenvalue weighted by Crippen LogP contribution is 2.24. The van der Waals surface area contributed by atoms with Crippen molar-refractivity contribution in [3.05, 3.63) is 47.3 Å². The zero-order valence-electron chi connectivity index (χ0n) is 9.18. The van der Waals surface area contributed by atoms with Crippen LogP contribution in [0.3, 0.4) is 0 Å². The summed E-state index contributed by atoms with van der Waals surface area (Å²) >= 11 is 5.99. The molecule has 0 saturated carbocycles. The van der Waals surface area contributed by atoms with Crippen LogP contribution in [0.25, 0.3) is 16.8 Å². The molecule has 0 saturated heterocycles. The van der Waals surface area contributed by atoms with E-state index in [0.717, 1.165) is 16.3 Å². The van der Waals surface area contributed by atoms with Gasteiger partial charge < -0.3 is 4.74 Å². The van der Waals surface area contributed by atoms with Crippen molar-refractivity contribution in [2.24, 2.45) is 0 Å². The lowest BCUT2D eigenvalue weighted by Gasteiger charge is -2.03. The van der Waals surface area contributed by atoms with E-state index in [4.69, 9.17) is 11.6 Å². The SMILES string of the molecule is COC(=O)C=Cc1cnc(Cl)c2ccccc12. The molecule has 0 amide bonds. The van der Waals surface area contributed by atoms with Crippen molar-refractivity contribution in [1.82, 2.24) is 4.98 Å². The molecule has 1 heterocycles. The molecule has 1 aromatic carbocycles. The smallest absolute Gasteiger partial charge is 0.330 e. The number of fused-ring (bicyclic) bond motifs is 1. The molecule has 4 heteroatoms. The van der Waals surface area contributed by atoms with Crippen LogP contribution < -0.4 is 0 Å². The monoisotopic (exact) mass is 247 g/mol. The number of aromatic nitrogens is 1. The number of ether oxygens (including phenoxy) is 1. The topological polar surface area (TPSA) is 39.2 Å². The number of rotatable bonds is 2. The van der Waals surface area contributed by atoms with E-state index in [1.54, 1.807) is 12.3 Å². The summed E-state index contributed by atoms with van der Waals surface area (Å²) in [6.45, 7) is 0. The normalized spacial score (nSPS) is 10.9. The van der Waals surface area contributed by atoms with Gasteiger partial charge >= 0.3 is 5.97 Å². The van der Waals surface area contributed by atoms with Gasteiger partial charge in [0.05, 0.1) is 7.11 Å². The first kappa shape index (κ1) is 11.6. The molecule has 2 aromatic rings. The third-order valence-corrected chi connectivity index (χ3v) is 2.68. The summed E-state index contributed by atoms with van der Waals surface area (Å²) < 4.78 is 4.54. The van der Waals surface area contributed by atoms with Gasteiger partial charge in [-0.2, -0.15) is 0 Å². The maximum Gasteiger partial charge on any atom is 0.330 e. The molecule has 3 nitrogen and oxygen atoms in total. The number of halogens is 1. The zero-order valence-corrected chi connectivity index (χ0v) is 9.94. The van der Waals surface area contributed by atoms with Crippen LogP contribution in [0.1, 0.15) is 5.56 Å². The van der Waals surface area contributed by atoms with Gasteiger partial charge in [-0.3, -0.25) is 0 Å². The summed E-state index contributed by atoms with van der Waals surface area (Å²) in [5, 5.41) is 2.27. The average molecular weight is 248 g/mol. The maximum absolute atomic E-state index is 11.0. The Labute approximate surface area is 104 Å². The van der Waals surface area contributed by atoms with Crippen LogP contribution >= 0.6 is 11.6 Å². The molecular formula is C13H10ClNO2. The average Bonchev–Trinajstić information content (AvgIpc) is 2.38. The Hall–Kier alpha value is -1.87. The summed E-state index contributed by atoms with van der Waals surface area (Å²) in [5.41, 5.74) is 0.829. The van der Waals surface area contributed by atoms with E-state index in [-0.39, 0.29) is 0 Å². The predicted octanol–water partition coefficient (Wildman–Crippen LogP) is 3.07. The number of hydrogen-bond acceptors (Lipinski definition) is 3. The third-order valence-electron chi connectivity index (χ3n) is 2.38. The van der Waals surface area contributed by atoms with Gasteiger partial charge in [0, 0.05) is 23.2 Å². The largest absolute Gasteiger partial charge is 0.466 e. The summed E-state index contributed by atoms with van der Waals surface area (Å²) in [4.78, 5) is 15.1. The minimum Gasteiger partial charge on any atom is -0.466 e. The lowest BCUT2D eigenvalue weighted by atomic mass is 10.1. The Morgan fingerprint density at radius 3 is 2.76 bits per heavy atom. The molecule has 0 aliphatic carbocycles. The molecular weight excluding hydrogens is 238 g/mol. The molecule has 17 heavy (non-hydrogen) atoms. The molecule has 0 aliphatic heterocycles. The first-order chi connectivity index (χ1) is 8.22. The summed E-state index contributed by atoms with van der Waals surface area (Å²) in [5.74, 6) is -0.399. The fourth-order valence-corrected chi connectivity index (χ4v) is 1.75. The van der Waals surface area contributed by atoms with Crippen molar-refractivity contribution in [3.63, 3.8) is 0 Å². The molecule has 0 atom stereocenters. The third kappa shape index (κ3) is 2.45. The molecule has 0 radical (unpaired) electrons. The van der Waals surface area contributed by atoms with Crippen LogP contribution in [-0.2, 0) is 9.53 Å². The number of nitrogens with zero attached hydrogens (tertiary/aromatic N) is 1. The van der Waals surface area contributed by atoms with E-state index in [1.807, 2.05) is 24.3 Å². The Kier molecular flexibility index (Phi) is 3.40. The number of hydrogen-bond donors (Lipinski definition) is 0. The van der Waals surface area contributed by atoms with Crippen molar-refractivity contribution in [2.45, 2.75) is 0 Å². The standard InChI is InChI=1S/C13H10ClNO2/c1-17-12(16)7-6-9-8-15-13(14)11-5-3-2-4-10(9)11/h2-8H,1H3. The fraction of sp³-hybridized carbons (Fsp3) is 0.0769. The number of pyridine rings is 1. The van der Waals surface area contributed by atoms with E-state index in [9.17, 15) is 4.79 Å². The minimum atomic E-state index is -0.399. The van der Waals surface area contributed by atoms with Gasteiger partial charge in [-0.25, -0.2) is 9.78 Å². The lowest BCUT2D eigenvalue weighted by Crippen LogP contribution is -1.93. The van der Waals surface area contributed by atoms with Crippen molar-refractivity contribution in [2.75, 3.05) is 7.11 Å². The first-order valence-corrected chi connectivity index (χ1v) is 5.39. The summed E-state index contributed by atoms with van der Waals surface area (Å²) in [6, 6.07) is 7.62. The molecule has 0 bridgehead atoms. The summed E-state index contributed by atoms with van der Waals surface area (Å²) in [7, 11) is 1.34. The van der Waals surface area contributed by atoms with Crippen molar-refractivity contribution in [1.29, 1.82) is 0 Å². The minimum absolute atomic E-state index is 0.399. The highest BCUT2D eigenvalue weighted by molar-refractivity contribution is 6.34. The van der Waals surface area contributed by atoms with Gasteiger partial charge in [0.1, 0.15) is 5.15 Å². The number of carbonyl (C=O) groups excluding carboxylic acids is 1. The summed E-state index contributed by atoms with van der Waals surface area (Å²) in [6.07, 6.45) is 4.65. The Morgan fingerprint density at radius 2 is 2.06 bits per heavy atom. The molecule has 0 unspecified atom stereocenters. The second-order valence-corrected chi connectivity index (χ2v) is 3.76. The van der Waals surface area contributed by atoms with Crippen LogP contribution in [0, 0.1) is 0 Å². The molecule has 0 aliphatic rings. The highest BCUT2D eigenvalue weighted by Gasteiger charge is 2.03. The van der Waals surface area contributed by atoms with Crippen LogP contribution in [0.5, 0.6) is 0 Å². The van der Waals surface area contributed by atoms with Crippen molar-refractivity contribution in [3.8, 4) is 0 Å². The maximum atomic E-state index is 11.0. The van der Waals surface area contributed by atoms with Gasteiger partial charge in [0.15, 0.2) is 0 Å². The lowest BCUT2D eigenvalue weighted by molar-refractivity contribution is -0.134. The van der Waals surface area contributed by atoms with Crippen LogP contribution in [0.4, 0.5) is 0 Å². The van der Waals surface area contributed by atoms with E-state index in [2.05, 4.69) is 9.72 Å². The molecule has 0 spiro atoms.